The fourth-order valence-electron chi connectivity index (χ4n) is 3.18. The third-order valence-electron chi connectivity index (χ3n) is 4.44. The molecule has 0 amide bonds. The lowest BCUT2D eigenvalue weighted by Gasteiger charge is -2.24. The summed E-state index contributed by atoms with van der Waals surface area (Å²) >= 11 is 3.51. The second kappa shape index (κ2) is 7.39. The summed E-state index contributed by atoms with van der Waals surface area (Å²) < 4.78 is 33.4. The number of hydrogen-bond donors (Lipinski definition) is 0. The van der Waals surface area contributed by atoms with E-state index in [1.54, 1.807) is 26.0 Å². The molecule has 9 heteroatoms. The summed E-state index contributed by atoms with van der Waals surface area (Å²) in [6.45, 7) is 5.37. The first-order valence-corrected chi connectivity index (χ1v) is 10.5. The van der Waals surface area contributed by atoms with Gasteiger partial charge in [-0.2, -0.15) is 9.57 Å². The molecular weight excluding hydrogens is 420 g/mol. The summed E-state index contributed by atoms with van der Waals surface area (Å²) in [7, 11) is -3.63. The minimum atomic E-state index is -3.63. The van der Waals surface area contributed by atoms with E-state index in [0.29, 0.717) is 43.1 Å². The lowest BCUT2D eigenvalue weighted by atomic mass is 10.2. The molecule has 138 valence electrons. The zero-order chi connectivity index (χ0) is 18.9. The van der Waals surface area contributed by atoms with Crippen LogP contribution in [0.1, 0.15) is 23.4 Å². The number of aromatic nitrogens is 1. The molecular formula is C17H19BrN4O3S. The fraction of sp³-hybridized carbons (Fsp3) is 0.412. The van der Waals surface area contributed by atoms with Crippen LogP contribution in [0.3, 0.4) is 0 Å². The summed E-state index contributed by atoms with van der Waals surface area (Å²) in [5.41, 5.74) is 1.93. The number of hydrogen-bond acceptors (Lipinski definition) is 6. The van der Waals surface area contributed by atoms with E-state index in [1.807, 2.05) is 6.07 Å². The number of rotatable bonds is 3. The van der Waals surface area contributed by atoms with Crippen LogP contribution < -0.4 is 4.90 Å². The normalized spacial score (nSPS) is 16.3. The molecule has 1 aliphatic heterocycles. The van der Waals surface area contributed by atoms with Crippen LogP contribution >= 0.6 is 15.9 Å². The van der Waals surface area contributed by atoms with E-state index in [1.165, 1.54) is 4.31 Å². The van der Waals surface area contributed by atoms with Gasteiger partial charge in [0.2, 0.25) is 10.0 Å². The maximum atomic E-state index is 13.0. The average molecular weight is 439 g/mol. The minimum absolute atomic E-state index is 0.172. The summed E-state index contributed by atoms with van der Waals surface area (Å²) in [6, 6.07) is 7.55. The number of aryl methyl sites for hydroxylation is 2. The summed E-state index contributed by atoms with van der Waals surface area (Å²) in [5.74, 6) is 0.318. The number of nitriles is 1. The van der Waals surface area contributed by atoms with Crippen LogP contribution in [0.4, 0.5) is 5.69 Å². The molecule has 0 bridgehead atoms. The number of sulfonamides is 1. The highest BCUT2D eigenvalue weighted by Crippen LogP contribution is 2.29. The van der Waals surface area contributed by atoms with E-state index in [9.17, 15) is 8.42 Å². The Morgan fingerprint density at radius 2 is 2.00 bits per heavy atom. The fourth-order valence-corrected chi connectivity index (χ4v) is 5.57. The lowest BCUT2D eigenvalue weighted by molar-refractivity contribution is 0.389. The molecule has 0 spiro atoms. The van der Waals surface area contributed by atoms with Crippen molar-refractivity contribution in [2.24, 2.45) is 0 Å². The molecule has 0 radical (unpaired) electrons. The first-order valence-electron chi connectivity index (χ1n) is 8.22. The first-order chi connectivity index (χ1) is 12.3. The molecule has 1 aromatic heterocycles. The summed E-state index contributed by atoms with van der Waals surface area (Å²) in [4.78, 5) is 2.30. The van der Waals surface area contributed by atoms with Crippen molar-refractivity contribution in [2.75, 3.05) is 31.1 Å². The average Bonchev–Trinajstić information content (AvgIpc) is 2.81. The Balaban J connectivity index is 1.82. The zero-order valence-electron chi connectivity index (χ0n) is 14.6. The molecule has 1 aliphatic rings. The van der Waals surface area contributed by atoms with Gasteiger partial charge in [0.15, 0.2) is 5.76 Å². The number of anilines is 1. The van der Waals surface area contributed by atoms with E-state index in [2.05, 4.69) is 32.1 Å². The molecule has 3 rings (SSSR count). The third-order valence-corrected chi connectivity index (χ3v) is 7.22. The maximum absolute atomic E-state index is 13.0. The molecule has 0 unspecified atom stereocenters. The van der Waals surface area contributed by atoms with Crippen molar-refractivity contribution >= 4 is 31.6 Å². The Kier molecular flexibility index (Phi) is 5.37. The molecule has 0 N–H and O–H groups in total. The standard InChI is InChI=1S/C17H19BrN4O3S/c1-12-17(13(2)25-20-12)26(23,24)22-7-3-6-21(8-9-22)16-5-4-14(11-19)10-15(16)18/h4-5,10H,3,6-9H2,1-2H3. The van der Waals surface area contributed by atoms with E-state index < -0.39 is 10.0 Å². The Morgan fingerprint density at radius 1 is 1.23 bits per heavy atom. The molecule has 0 saturated carbocycles. The van der Waals surface area contributed by atoms with Crippen molar-refractivity contribution in [1.29, 1.82) is 5.26 Å². The molecule has 1 aromatic carbocycles. The van der Waals surface area contributed by atoms with Crippen LogP contribution in [0.25, 0.3) is 0 Å². The Bertz CT molecular complexity index is 945. The molecule has 1 saturated heterocycles. The number of benzene rings is 1. The quantitative estimate of drug-likeness (QED) is 0.731. The molecule has 26 heavy (non-hydrogen) atoms. The van der Waals surface area contributed by atoms with Gasteiger partial charge in [0, 0.05) is 30.7 Å². The molecule has 1 fully saturated rings. The SMILES string of the molecule is Cc1noc(C)c1S(=O)(=O)N1CCCN(c2ccc(C#N)cc2Br)CC1. The van der Waals surface area contributed by atoms with E-state index >= 15 is 0 Å². The highest BCUT2D eigenvalue weighted by Gasteiger charge is 2.32. The smallest absolute Gasteiger partial charge is 0.248 e. The van der Waals surface area contributed by atoms with Gasteiger partial charge >= 0.3 is 0 Å². The topological polar surface area (TPSA) is 90.4 Å². The lowest BCUT2D eigenvalue weighted by Crippen LogP contribution is -2.35. The maximum Gasteiger partial charge on any atom is 0.248 e. The van der Waals surface area contributed by atoms with E-state index in [0.717, 1.165) is 16.7 Å². The molecule has 0 aliphatic carbocycles. The molecule has 2 aromatic rings. The van der Waals surface area contributed by atoms with Crippen molar-refractivity contribution in [3.05, 3.63) is 39.7 Å². The van der Waals surface area contributed by atoms with Crippen molar-refractivity contribution in [3.8, 4) is 6.07 Å². The van der Waals surface area contributed by atoms with E-state index in [4.69, 9.17) is 9.78 Å². The highest BCUT2D eigenvalue weighted by atomic mass is 79.9. The van der Waals surface area contributed by atoms with Crippen LogP contribution in [-0.4, -0.2) is 44.1 Å². The van der Waals surface area contributed by atoms with Crippen LogP contribution in [-0.2, 0) is 10.0 Å². The largest absolute Gasteiger partial charge is 0.369 e. The highest BCUT2D eigenvalue weighted by molar-refractivity contribution is 9.10. The summed E-state index contributed by atoms with van der Waals surface area (Å²) in [5, 5.41) is 12.8. The molecule has 2 heterocycles. The van der Waals surface area contributed by atoms with Gasteiger partial charge in [-0.25, -0.2) is 8.42 Å². The van der Waals surface area contributed by atoms with E-state index in [-0.39, 0.29) is 4.90 Å². The van der Waals surface area contributed by atoms with Crippen LogP contribution in [0, 0.1) is 25.2 Å². The van der Waals surface area contributed by atoms with Gasteiger partial charge in [-0.1, -0.05) is 5.16 Å². The monoisotopic (exact) mass is 438 g/mol. The number of halogens is 1. The number of nitrogens with zero attached hydrogens (tertiary/aromatic N) is 4. The van der Waals surface area contributed by atoms with Crippen molar-refractivity contribution in [1.82, 2.24) is 9.46 Å². The third kappa shape index (κ3) is 3.49. The Labute approximate surface area is 161 Å². The first kappa shape index (κ1) is 18.9. The zero-order valence-corrected chi connectivity index (χ0v) is 17.0. The van der Waals surface area contributed by atoms with Crippen molar-refractivity contribution in [3.63, 3.8) is 0 Å². The second-order valence-corrected chi connectivity index (χ2v) is 8.91. The van der Waals surface area contributed by atoms with Gasteiger partial charge in [0.1, 0.15) is 10.6 Å². The minimum Gasteiger partial charge on any atom is -0.369 e. The predicted octanol–water partition coefficient (Wildman–Crippen LogP) is 2.83. The van der Waals surface area contributed by atoms with Crippen LogP contribution in [0.2, 0.25) is 0 Å². The van der Waals surface area contributed by atoms with Crippen LogP contribution in [0.5, 0.6) is 0 Å². The van der Waals surface area contributed by atoms with Crippen LogP contribution in [0.15, 0.2) is 32.1 Å². The van der Waals surface area contributed by atoms with Gasteiger partial charge in [0.05, 0.1) is 17.3 Å². The van der Waals surface area contributed by atoms with Gasteiger partial charge in [-0.15, -0.1) is 0 Å². The van der Waals surface area contributed by atoms with Crippen molar-refractivity contribution in [2.45, 2.75) is 25.2 Å². The Hall–Kier alpha value is -1.89. The van der Waals surface area contributed by atoms with Gasteiger partial charge in [0.25, 0.3) is 0 Å². The van der Waals surface area contributed by atoms with Gasteiger partial charge < -0.3 is 9.42 Å². The molecule has 0 atom stereocenters. The summed E-state index contributed by atoms with van der Waals surface area (Å²) in [6.07, 6.45) is 0.703. The molecule has 7 nitrogen and oxygen atoms in total. The predicted molar refractivity (Wildman–Crippen MR) is 100 cm³/mol. The Morgan fingerprint density at radius 3 is 2.62 bits per heavy atom. The van der Waals surface area contributed by atoms with Gasteiger partial charge in [-0.3, -0.25) is 0 Å². The van der Waals surface area contributed by atoms with Crippen molar-refractivity contribution < 1.29 is 12.9 Å². The van der Waals surface area contributed by atoms with Gasteiger partial charge in [-0.05, 0) is 54.4 Å². The second-order valence-electron chi connectivity index (χ2n) is 6.18.